The standard InChI is InChI=1S/C27H26N4O2S/c1-27(21-13-12-18-7-2-3-8-19(18)15-21)25(32)31(26(33)29-27)17-30-14-6-9-20(16-30)24-28-22-10-4-5-11-23(22)34-24/h2-5,7-8,10-13,15,20H,6,9,14,16-17H2,1H3,(H,29,33)/t20-,27+/m0/s1. The van der Waals surface area contributed by atoms with Crippen LogP contribution < -0.4 is 5.32 Å². The van der Waals surface area contributed by atoms with E-state index >= 15 is 0 Å². The molecular formula is C27H26N4O2S. The summed E-state index contributed by atoms with van der Waals surface area (Å²) in [5.41, 5.74) is 0.779. The molecule has 0 saturated carbocycles. The van der Waals surface area contributed by atoms with Crippen molar-refractivity contribution in [3.05, 3.63) is 77.3 Å². The van der Waals surface area contributed by atoms with E-state index in [0.717, 1.165) is 52.8 Å². The Balaban J connectivity index is 1.21. The highest BCUT2D eigenvalue weighted by atomic mass is 32.1. The fraction of sp³-hybridized carbons (Fsp3) is 0.296. The molecule has 0 unspecified atom stereocenters. The lowest BCUT2D eigenvalue weighted by Crippen LogP contribution is -2.46. The zero-order chi connectivity index (χ0) is 23.3. The first kappa shape index (κ1) is 21.3. The molecule has 2 atom stereocenters. The number of nitrogens with zero attached hydrogens (tertiary/aromatic N) is 3. The van der Waals surface area contributed by atoms with Crippen LogP contribution >= 0.6 is 11.3 Å². The molecule has 0 radical (unpaired) electrons. The van der Waals surface area contributed by atoms with Gasteiger partial charge in [0.15, 0.2) is 0 Å². The van der Waals surface area contributed by atoms with Crippen LogP contribution in [0.4, 0.5) is 4.79 Å². The number of fused-ring (bicyclic) bond motifs is 2. The molecule has 1 aromatic heterocycles. The minimum Gasteiger partial charge on any atom is -0.319 e. The zero-order valence-electron chi connectivity index (χ0n) is 19.0. The molecule has 0 bridgehead atoms. The predicted molar refractivity (Wildman–Crippen MR) is 135 cm³/mol. The van der Waals surface area contributed by atoms with Gasteiger partial charge in [-0.15, -0.1) is 11.3 Å². The molecule has 2 aliphatic heterocycles. The molecule has 3 aromatic carbocycles. The van der Waals surface area contributed by atoms with Crippen LogP contribution in [0.2, 0.25) is 0 Å². The molecular weight excluding hydrogens is 444 g/mol. The van der Waals surface area contributed by atoms with Crippen LogP contribution in [-0.2, 0) is 10.3 Å². The molecule has 34 heavy (non-hydrogen) atoms. The molecule has 2 fully saturated rings. The molecule has 2 aliphatic rings. The third-order valence-electron chi connectivity index (χ3n) is 7.11. The summed E-state index contributed by atoms with van der Waals surface area (Å²) in [5.74, 6) is 0.119. The molecule has 172 valence electrons. The molecule has 6 nitrogen and oxygen atoms in total. The van der Waals surface area contributed by atoms with Crippen molar-refractivity contribution < 1.29 is 9.59 Å². The lowest BCUT2D eigenvalue weighted by Gasteiger charge is -2.33. The summed E-state index contributed by atoms with van der Waals surface area (Å²) in [7, 11) is 0. The van der Waals surface area contributed by atoms with E-state index in [9.17, 15) is 9.59 Å². The van der Waals surface area contributed by atoms with Crippen molar-refractivity contribution in [1.29, 1.82) is 0 Å². The second-order valence-electron chi connectivity index (χ2n) is 9.43. The molecule has 6 rings (SSSR count). The third-order valence-corrected chi connectivity index (χ3v) is 8.31. The molecule has 2 saturated heterocycles. The first-order valence-corrected chi connectivity index (χ1v) is 12.5. The number of carbonyl (C=O) groups excluding carboxylic acids is 2. The maximum Gasteiger partial charge on any atom is 0.326 e. The number of thiazole rings is 1. The normalized spacial score (nSPS) is 23.7. The molecule has 0 spiro atoms. The van der Waals surface area contributed by atoms with Crippen molar-refractivity contribution in [2.45, 2.75) is 31.2 Å². The highest BCUT2D eigenvalue weighted by Gasteiger charge is 2.49. The Morgan fingerprint density at radius 3 is 2.71 bits per heavy atom. The summed E-state index contributed by atoms with van der Waals surface area (Å²) in [5, 5.41) is 6.27. The predicted octanol–water partition coefficient (Wildman–Crippen LogP) is 5.05. The molecule has 7 heteroatoms. The van der Waals surface area contributed by atoms with Gasteiger partial charge in [0.2, 0.25) is 0 Å². The third kappa shape index (κ3) is 3.56. The topological polar surface area (TPSA) is 65.5 Å². The molecule has 3 amide bonds. The quantitative estimate of drug-likeness (QED) is 0.424. The number of rotatable bonds is 4. The number of hydrogen-bond acceptors (Lipinski definition) is 5. The number of benzene rings is 3. The average molecular weight is 471 g/mol. The van der Waals surface area contributed by atoms with E-state index in [1.54, 1.807) is 18.3 Å². The Morgan fingerprint density at radius 2 is 1.85 bits per heavy atom. The molecule has 4 aromatic rings. The van der Waals surface area contributed by atoms with Gasteiger partial charge in [-0.3, -0.25) is 9.69 Å². The SMILES string of the molecule is C[C@]1(c2ccc3ccccc3c2)NC(=O)N(CN2CCC[C@H](c3nc4ccccc4s3)C2)C1=O. The Bertz CT molecular complexity index is 1380. The van der Waals surface area contributed by atoms with E-state index in [2.05, 4.69) is 22.3 Å². The minimum absolute atomic E-state index is 0.199. The van der Waals surface area contributed by atoms with Crippen LogP contribution in [0.25, 0.3) is 21.0 Å². The van der Waals surface area contributed by atoms with Crippen LogP contribution in [0.15, 0.2) is 66.7 Å². The van der Waals surface area contributed by atoms with Crippen molar-refractivity contribution in [3.8, 4) is 0 Å². The smallest absolute Gasteiger partial charge is 0.319 e. The highest BCUT2D eigenvalue weighted by molar-refractivity contribution is 7.18. The number of nitrogens with one attached hydrogen (secondary N) is 1. The summed E-state index contributed by atoms with van der Waals surface area (Å²) in [6.45, 7) is 3.77. The van der Waals surface area contributed by atoms with Gasteiger partial charge >= 0.3 is 6.03 Å². The first-order chi connectivity index (χ1) is 16.5. The van der Waals surface area contributed by atoms with E-state index in [0.29, 0.717) is 12.6 Å². The van der Waals surface area contributed by atoms with Crippen LogP contribution in [0, 0.1) is 0 Å². The van der Waals surface area contributed by atoms with E-state index < -0.39 is 5.54 Å². The Morgan fingerprint density at radius 1 is 1.06 bits per heavy atom. The number of piperidine rings is 1. The van der Waals surface area contributed by atoms with Crippen LogP contribution in [0.3, 0.4) is 0 Å². The van der Waals surface area contributed by atoms with E-state index in [1.807, 2.05) is 54.6 Å². The van der Waals surface area contributed by atoms with E-state index in [1.165, 1.54) is 9.60 Å². The summed E-state index contributed by atoms with van der Waals surface area (Å²) in [6, 6.07) is 21.9. The molecule has 1 N–H and O–H groups in total. The molecule has 3 heterocycles. The van der Waals surface area contributed by atoms with Crippen LogP contribution in [0.1, 0.15) is 36.3 Å². The van der Waals surface area contributed by atoms with Crippen molar-refractivity contribution in [1.82, 2.24) is 20.1 Å². The average Bonchev–Trinajstić information content (AvgIpc) is 3.39. The number of para-hydroxylation sites is 1. The van der Waals surface area contributed by atoms with Crippen LogP contribution in [-0.4, -0.2) is 46.5 Å². The van der Waals surface area contributed by atoms with Crippen LogP contribution in [0.5, 0.6) is 0 Å². The lowest BCUT2D eigenvalue weighted by molar-refractivity contribution is -0.132. The largest absolute Gasteiger partial charge is 0.326 e. The Labute approximate surface area is 202 Å². The van der Waals surface area contributed by atoms with Gasteiger partial charge in [-0.2, -0.15) is 0 Å². The van der Waals surface area contributed by atoms with Gasteiger partial charge < -0.3 is 5.32 Å². The first-order valence-electron chi connectivity index (χ1n) is 11.7. The second-order valence-corrected chi connectivity index (χ2v) is 10.5. The van der Waals surface area contributed by atoms with Gasteiger partial charge in [0, 0.05) is 12.5 Å². The summed E-state index contributed by atoms with van der Waals surface area (Å²) in [4.78, 5) is 34.9. The fourth-order valence-electron chi connectivity index (χ4n) is 5.17. The summed E-state index contributed by atoms with van der Waals surface area (Å²) in [6.07, 6.45) is 2.09. The van der Waals surface area contributed by atoms with Crippen molar-refractivity contribution in [3.63, 3.8) is 0 Å². The number of hydrogen-bond donors (Lipinski definition) is 1. The van der Waals surface area contributed by atoms with Gasteiger partial charge in [-0.1, -0.05) is 48.5 Å². The Hall–Kier alpha value is -3.29. The van der Waals surface area contributed by atoms with Gasteiger partial charge in [0.05, 0.1) is 21.9 Å². The van der Waals surface area contributed by atoms with Gasteiger partial charge in [0.1, 0.15) is 5.54 Å². The van der Waals surface area contributed by atoms with Gasteiger partial charge in [0.25, 0.3) is 5.91 Å². The van der Waals surface area contributed by atoms with Gasteiger partial charge in [-0.25, -0.2) is 14.7 Å². The number of aromatic nitrogens is 1. The van der Waals surface area contributed by atoms with Gasteiger partial charge in [-0.05, 0) is 60.8 Å². The van der Waals surface area contributed by atoms with Crippen molar-refractivity contribution >= 4 is 44.3 Å². The highest BCUT2D eigenvalue weighted by Crippen LogP contribution is 2.35. The van der Waals surface area contributed by atoms with E-state index in [4.69, 9.17) is 4.98 Å². The summed E-state index contributed by atoms with van der Waals surface area (Å²) >= 11 is 1.75. The van der Waals surface area contributed by atoms with E-state index in [-0.39, 0.29) is 11.9 Å². The number of carbonyl (C=O) groups is 2. The number of likely N-dealkylation sites (tertiary alicyclic amines) is 1. The summed E-state index contributed by atoms with van der Waals surface area (Å²) < 4.78 is 1.20. The fourth-order valence-corrected chi connectivity index (χ4v) is 6.26. The maximum atomic E-state index is 13.5. The van der Waals surface area contributed by atoms with Crippen molar-refractivity contribution in [2.24, 2.45) is 0 Å². The number of amides is 3. The number of urea groups is 1. The maximum absolute atomic E-state index is 13.5. The molecule has 0 aliphatic carbocycles. The monoisotopic (exact) mass is 470 g/mol. The second kappa shape index (κ2) is 8.18. The Kier molecular flexibility index (Phi) is 5.12. The number of imide groups is 1. The van der Waals surface area contributed by atoms with Crippen molar-refractivity contribution in [2.75, 3.05) is 19.8 Å². The lowest BCUT2D eigenvalue weighted by atomic mass is 9.90. The zero-order valence-corrected chi connectivity index (χ0v) is 19.8. The minimum atomic E-state index is -1.07.